The van der Waals surface area contributed by atoms with E-state index in [0.717, 1.165) is 11.3 Å². The lowest BCUT2D eigenvalue weighted by molar-refractivity contribution is 0.242. The highest BCUT2D eigenvalue weighted by Gasteiger charge is 2.03. The molecule has 0 bridgehead atoms. The molecule has 0 saturated carbocycles. The summed E-state index contributed by atoms with van der Waals surface area (Å²) >= 11 is 0. The highest BCUT2D eigenvalue weighted by molar-refractivity contribution is 5.58. The minimum absolute atomic E-state index is 0.127. The molecule has 0 aliphatic carbocycles. The molecule has 14 heavy (non-hydrogen) atoms. The molecule has 0 aromatic heterocycles. The zero-order valence-electron chi connectivity index (χ0n) is 8.45. The highest BCUT2D eigenvalue weighted by Crippen LogP contribution is 2.22. The average molecular weight is 187 g/mol. The predicted octanol–water partition coefficient (Wildman–Crippen LogP) is 2.99. The third kappa shape index (κ3) is 2.37. The van der Waals surface area contributed by atoms with Crippen LogP contribution >= 0.6 is 0 Å². The van der Waals surface area contributed by atoms with Crippen LogP contribution in [0.4, 0.5) is 0 Å². The maximum atomic E-state index is 8.71. The van der Waals surface area contributed by atoms with E-state index in [1.165, 1.54) is 0 Å². The number of hydrogen-bond donors (Lipinski definition) is 0. The molecule has 0 heterocycles. The van der Waals surface area contributed by atoms with Gasteiger partial charge in [-0.25, -0.2) is 0 Å². The number of ether oxygens (including phenoxy) is 1. The molecule has 1 aromatic rings. The predicted molar refractivity (Wildman–Crippen MR) is 57.0 cm³/mol. The maximum absolute atomic E-state index is 8.71. The first-order chi connectivity index (χ1) is 6.67. The second kappa shape index (κ2) is 4.48. The third-order valence-corrected chi connectivity index (χ3v) is 1.72. The second-order valence-corrected chi connectivity index (χ2v) is 3.24. The fraction of sp³-hybridized carbons (Fsp3) is 0.250. The standard InChI is InChI=1S/C12H13NO/c1-4-11-7-10(8-13)5-6-12(11)14-9(2)3/h4-7,9H,1H2,2-3H3. The van der Waals surface area contributed by atoms with Crippen molar-refractivity contribution in [3.63, 3.8) is 0 Å². The van der Waals surface area contributed by atoms with Gasteiger partial charge in [-0.1, -0.05) is 12.7 Å². The first-order valence-corrected chi connectivity index (χ1v) is 4.50. The fourth-order valence-corrected chi connectivity index (χ4v) is 1.14. The van der Waals surface area contributed by atoms with E-state index in [0.29, 0.717) is 5.56 Å². The largest absolute Gasteiger partial charge is 0.490 e. The van der Waals surface area contributed by atoms with Crippen LogP contribution in [0.2, 0.25) is 0 Å². The van der Waals surface area contributed by atoms with Crippen LogP contribution in [0.15, 0.2) is 24.8 Å². The van der Waals surface area contributed by atoms with Crippen LogP contribution in [0.3, 0.4) is 0 Å². The van der Waals surface area contributed by atoms with Gasteiger partial charge < -0.3 is 4.74 Å². The van der Waals surface area contributed by atoms with Gasteiger partial charge in [0.2, 0.25) is 0 Å². The Kier molecular flexibility index (Phi) is 3.30. The minimum Gasteiger partial charge on any atom is -0.490 e. The molecule has 0 radical (unpaired) electrons. The van der Waals surface area contributed by atoms with Gasteiger partial charge in [0.1, 0.15) is 5.75 Å². The Labute approximate surface area is 84.4 Å². The molecule has 0 fully saturated rings. The van der Waals surface area contributed by atoms with E-state index in [2.05, 4.69) is 12.6 Å². The van der Waals surface area contributed by atoms with Crippen LogP contribution < -0.4 is 4.74 Å². The van der Waals surface area contributed by atoms with Crippen molar-refractivity contribution in [2.24, 2.45) is 0 Å². The summed E-state index contributed by atoms with van der Waals surface area (Å²) in [5.74, 6) is 0.772. The Balaban J connectivity index is 3.06. The second-order valence-electron chi connectivity index (χ2n) is 3.24. The summed E-state index contributed by atoms with van der Waals surface area (Å²) in [5, 5.41) is 8.71. The van der Waals surface area contributed by atoms with Crippen LogP contribution in [0.25, 0.3) is 6.08 Å². The van der Waals surface area contributed by atoms with Gasteiger partial charge in [-0.15, -0.1) is 0 Å². The van der Waals surface area contributed by atoms with E-state index in [9.17, 15) is 0 Å². The molecule has 0 N–H and O–H groups in total. The van der Waals surface area contributed by atoms with Gasteiger partial charge in [0.05, 0.1) is 17.7 Å². The lowest BCUT2D eigenvalue weighted by Gasteiger charge is -2.12. The lowest BCUT2D eigenvalue weighted by atomic mass is 10.1. The monoisotopic (exact) mass is 187 g/mol. The van der Waals surface area contributed by atoms with Crippen molar-refractivity contribution in [2.45, 2.75) is 20.0 Å². The summed E-state index contributed by atoms with van der Waals surface area (Å²) in [6.07, 6.45) is 1.82. The zero-order chi connectivity index (χ0) is 10.6. The number of rotatable bonds is 3. The van der Waals surface area contributed by atoms with E-state index < -0.39 is 0 Å². The van der Waals surface area contributed by atoms with Gasteiger partial charge in [0.25, 0.3) is 0 Å². The Morgan fingerprint density at radius 2 is 2.21 bits per heavy atom. The number of benzene rings is 1. The van der Waals surface area contributed by atoms with Crippen molar-refractivity contribution >= 4 is 6.08 Å². The van der Waals surface area contributed by atoms with Crippen molar-refractivity contribution in [3.8, 4) is 11.8 Å². The van der Waals surface area contributed by atoms with Crippen LogP contribution in [0.1, 0.15) is 25.0 Å². The molecule has 2 heteroatoms. The molecular weight excluding hydrogens is 174 g/mol. The van der Waals surface area contributed by atoms with Crippen molar-refractivity contribution in [1.82, 2.24) is 0 Å². The zero-order valence-corrected chi connectivity index (χ0v) is 8.45. The smallest absolute Gasteiger partial charge is 0.126 e. The van der Waals surface area contributed by atoms with Crippen LogP contribution in [0, 0.1) is 11.3 Å². The topological polar surface area (TPSA) is 33.0 Å². The molecule has 0 aliphatic heterocycles. The summed E-state index contributed by atoms with van der Waals surface area (Å²) in [6, 6.07) is 7.39. The van der Waals surface area contributed by atoms with Gasteiger partial charge in [0.15, 0.2) is 0 Å². The normalized spacial score (nSPS) is 9.57. The van der Waals surface area contributed by atoms with Gasteiger partial charge >= 0.3 is 0 Å². The minimum atomic E-state index is 0.127. The summed E-state index contributed by atoms with van der Waals surface area (Å²) in [7, 11) is 0. The molecule has 0 amide bonds. The van der Waals surface area contributed by atoms with E-state index in [-0.39, 0.29) is 6.10 Å². The quantitative estimate of drug-likeness (QED) is 0.728. The number of nitriles is 1. The summed E-state index contributed by atoms with van der Waals surface area (Å²) < 4.78 is 5.56. The molecular formula is C12H13NO. The van der Waals surface area contributed by atoms with Crippen LogP contribution in [0.5, 0.6) is 5.75 Å². The SMILES string of the molecule is C=Cc1cc(C#N)ccc1OC(C)C. The molecule has 1 aromatic carbocycles. The Hall–Kier alpha value is -1.75. The Bertz CT molecular complexity index is 374. The van der Waals surface area contributed by atoms with Gasteiger partial charge in [0, 0.05) is 5.56 Å². The Morgan fingerprint density at radius 3 is 2.71 bits per heavy atom. The van der Waals surface area contributed by atoms with E-state index in [1.54, 1.807) is 24.3 Å². The lowest BCUT2D eigenvalue weighted by Crippen LogP contribution is -2.06. The van der Waals surface area contributed by atoms with Gasteiger partial charge in [-0.05, 0) is 32.0 Å². The third-order valence-electron chi connectivity index (χ3n) is 1.72. The maximum Gasteiger partial charge on any atom is 0.126 e. The first kappa shape index (κ1) is 10.3. The number of nitrogens with zero attached hydrogens (tertiary/aromatic N) is 1. The molecule has 0 aliphatic rings. The summed E-state index contributed by atoms with van der Waals surface area (Å²) in [5.41, 5.74) is 1.48. The van der Waals surface area contributed by atoms with E-state index >= 15 is 0 Å². The summed E-state index contributed by atoms with van der Waals surface area (Å²) in [6.45, 7) is 7.61. The van der Waals surface area contributed by atoms with Crippen molar-refractivity contribution in [2.75, 3.05) is 0 Å². The van der Waals surface area contributed by atoms with Gasteiger partial charge in [-0.2, -0.15) is 5.26 Å². The molecule has 0 unspecified atom stereocenters. The molecule has 0 saturated heterocycles. The average Bonchev–Trinajstić information content (AvgIpc) is 2.17. The molecule has 1 rings (SSSR count). The Morgan fingerprint density at radius 1 is 1.50 bits per heavy atom. The van der Waals surface area contributed by atoms with Crippen molar-refractivity contribution in [1.29, 1.82) is 5.26 Å². The van der Waals surface area contributed by atoms with Crippen LogP contribution in [-0.4, -0.2) is 6.10 Å². The molecule has 0 spiro atoms. The van der Waals surface area contributed by atoms with Crippen LogP contribution in [-0.2, 0) is 0 Å². The van der Waals surface area contributed by atoms with E-state index in [4.69, 9.17) is 10.00 Å². The highest BCUT2D eigenvalue weighted by atomic mass is 16.5. The van der Waals surface area contributed by atoms with E-state index in [1.807, 2.05) is 13.8 Å². The molecule has 2 nitrogen and oxygen atoms in total. The van der Waals surface area contributed by atoms with Crippen molar-refractivity contribution < 1.29 is 4.74 Å². The molecule has 72 valence electrons. The first-order valence-electron chi connectivity index (χ1n) is 4.50. The van der Waals surface area contributed by atoms with Crippen molar-refractivity contribution in [3.05, 3.63) is 35.9 Å². The summed E-state index contributed by atoms with van der Waals surface area (Å²) in [4.78, 5) is 0. The molecule has 0 atom stereocenters. The number of hydrogen-bond acceptors (Lipinski definition) is 2. The fourth-order valence-electron chi connectivity index (χ4n) is 1.14. The van der Waals surface area contributed by atoms with Gasteiger partial charge in [-0.3, -0.25) is 0 Å².